The molecule has 0 aromatic carbocycles. The monoisotopic (exact) mass is 226 g/mol. The van der Waals surface area contributed by atoms with Crippen LogP contribution in [-0.2, 0) is 4.79 Å². The van der Waals surface area contributed by atoms with Gasteiger partial charge in [0, 0.05) is 13.1 Å². The first kappa shape index (κ1) is 12.8. The maximum absolute atomic E-state index is 12.0. The van der Waals surface area contributed by atoms with Gasteiger partial charge in [0.2, 0.25) is 0 Å². The molecular weight excluding hydrogens is 206 g/mol. The van der Waals surface area contributed by atoms with Crippen LogP contribution in [0.25, 0.3) is 0 Å². The summed E-state index contributed by atoms with van der Waals surface area (Å²) < 4.78 is 0. The van der Waals surface area contributed by atoms with Gasteiger partial charge in [-0.15, -0.1) is 0 Å². The number of urea groups is 1. The lowest BCUT2D eigenvalue weighted by Crippen LogP contribution is -2.60. The summed E-state index contributed by atoms with van der Waals surface area (Å²) in [5.74, 6) is -0.110. The Morgan fingerprint density at radius 3 is 2.56 bits per heavy atom. The van der Waals surface area contributed by atoms with Crippen molar-refractivity contribution in [2.45, 2.75) is 39.2 Å². The van der Waals surface area contributed by atoms with E-state index in [0.717, 1.165) is 6.42 Å². The first-order chi connectivity index (χ1) is 7.50. The Kier molecular flexibility index (Phi) is 3.78. The average Bonchev–Trinajstić information content (AvgIpc) is 2.61. The summed E-state index contributed by atoms with van der Waals surface area (Å²) in [6.07, 6.45) is 1.42. The van der Waals surface area contributed by atoms with Crippen molar-refractivity contribution in [3.63, 3.8) is 0 Å². The third-order valence-corrected chi connectivity index (χ3v) is 3.61. The second kappa shape index (κ2) is 4.72. The Bertz CT molecular complexity index is 293. The zero-order valence-corrected chi connectivity index (χ0v) is 10.2. The molecular formula is C11H20N3O2. The number of carbonyl (C=O) groups excluding carboxylic acids is 2. The second-order valence-corrected chi connectivity index (χ2v) is 4.25. The summed E-state index contributed by atoms with van der Waals surface area (Å²) >= 11 is 0. The van der Waals surface area contributed by atoms with Crippen molar-refractivity contribution in [3.8, 4) is 0 Å². The summed E-state index contributed by atoms with van der Waals surface area (Å²) in [6.45, 7) is 6.76. The number of nitrogens with two attached hydrogens (primary N) is 1. The molecule has 0 aromatic heterocycles. The van der Waals surface area contributed by atoms with Gasteiger partial charge in [-0.3, -0.25) is 4.79 Å². The number of likely N-dealkylation sites (N-methyl/N-ethyl adjacent to an activating group) is 1. The maximum Gasteiger partial charge on any atom is 0.315 e. The topological polar surface area (TPSA) is 77.5 Å². The van der Waals surface area contributed by atoms with Crippen LogP contribution < -0.4 is 11.1 Å². The minimum atomic E-state index is -0.796. The average molecular weight is 226 g/mol. The van der Waals surface area contributed by atoms with Crippen molar-refractivity contribution in [2.24, 2.45) is 11.7 Å². The van der Waals surface area contributed by atoms with Crippen molar-refractivity contribution in [1.82, 2.24) is 10.2 Å². The van der Waals surface area contributed by atoms with Crippen LogP contribution >= 0.6 is 0 Å². The van der Waals surface area contributed by atoms with Crippen molar-refractivity contribution in [2.75, 3.05) is 13.1 Å². The highest BCUT2D eigenvalue weighted by Crippen LogP contribution is 2.34. The molecule has 0 saturated carbocycles. The molecule has 1 rings (SSSR count). The van der Waals surface area contributed by atoms with Crippen LogP contribution in [0, 0.1) is 5.92 Å². The molecule has 2 unspecified atom stereocenters. The van der Waals surface area contributed by atoms with Crippen molar-refractivity contribution >= 4 is 11.9 Å². The summed E-state index contributed by atoms with van der Waals surface area (Å²) in [5.41, 5.74) is 4.56. The van der Waals surface area contributed by atoms with Crippen LogP contribution in [0.3, 0.4) is 0 Å². The summed E-state index contributed by atoms with van der Waals surface area (Å²) in [5, 5.41) is 3.92. The minimum absolute atomic E-state index is 0.0821. The quantitative estimate of drug-likeness (QED) is 0.766. The van der Waals surface area contributed by atoms with E-state index in [1.54, 1.807) is 0 Å². The fourth-order valence-electron chi connectivity index (χ4n) is 2.52. The van der Waals surface area contributed by atoms with Gasteiger partial charge < -0.3 is 10.6 Å². The van der Waals surface area contributed by atoms with Crippen molar-refractivity contribution < 1.29 is 9.59 Å². The molecule has 1 heterocycles. The summed E-state index contributed by atoms with van der Waals surface area (Å²) in [6, 6.07) is -0.534. The predicted octanol–water partition coefficient (Wildman–Crippen LogP) is 0.707. The molecule has 1 aliphatic rings. The lowest BCUT2D eigenvalue weighted by molar-refractivity contribution is -0.131. The van der Waals surface area contributed by atoms with Gasteiger partial charge in [-0.1, -0.05) is 20.3 Å². The van der Waals surface area contributed by atoms with E-state index in [4.69, 9.17) is 5.73 Å². The molecule has 0 bridgehead atoms. The Balaban J connectivity index is 3.12. The second-order valence-electron chi connectivity index (χ2n) is 4.25. The highest BCUT2D eigenvalue weighted by Gasteiger charge is 2.52. The zero-order valence-electron chi connectivity index (χ0n) is 10.2. The molecule has 2 N–H and O–H groups in total. The van der Waals surface area contributed by atoms with Crippen LogP contribution in [-0.4, -0.2) is 35.5 Å². The SMILES string of the molecule is CCC(C)C1(N(CC)C(N)=O)CC[N]C1=O. The van der Waals surface area contributed by atoms with Gasteiger partial charge in [0.25, 0.3) is 5.91 Å². The predicted molar refractivity (Wildman–Crippen MR) is 60.8 cm³/mol. The van der Waals surface area contributed by atoms with E-state index in [-0.39, 0.29) is 11.8 Å². The number of carbonyl (C=O) groups is 2. The number of hydrogen-bond acceptors (Lipinski definition) is 2. The van der Waals surface area contributed by atoms with E-state index < -0.39 is 11.6 Å². The van der Waals surface area contributed by atoms with E-state index in [0.29, 0.717) is 19.5 Å². The molecule has 2 atom stereocenters. The summed E-state index contributed by atoms with van der Waals surface area (Å²) in [7, 11) is 0. The van der Waals surface area contributed by atoms with Gasteiger partial charge in [-0.2, -0.15) is 0 Å². The van der Waals surface area contributed by atoms with E-state index in [2.05, 4.69) is 5.32 Å². The smallest absolute Gasteiger partial charge is 0.315 e. The largest absolute Gasteiger partial charge is 0.351 e. The van der Waals surface area contributed by atoms with Gasteiger partial charge in [0.05, 0.1) is 0 Å². The molecule has 5 nitrogen and oxygen atoms in total. The maximum atomic E-state index is 12.0. The first-order valence-electron chi connectivity index (χ1n) is 5.79. The van der Waals surface area contributed by atoms with E-state index in [1.807, 2.05) is 20.8 Å². The summed E-state index contributed by atoms with van der Waals surface area (Å²) in [4.78, 5) is 24.9. The Labute approximate surface area is 96.4 Å². The molecule has 1 aliphatic heterocycles. The van der Waals surface area contributed by atoms with Crippen LogP contribution in [0.1, 0.15) is 33.6 Å². The number of primary amides is 1. The number of hydrogen-bond donors (Lipinski definition) is 1. The fraction of sp³-hybridized carbons (Fsp3) is 0.818. The van der Waals surface area contributed by atoms with Gasteiger partial charge >= 0.3 is 6.03 Å². The third kappa shape index (κ3) is 1.74. The fourth-order valence-corrected chi connectivity index (χ4v) is 2.52. The molecule has 0 aliphatic carbocycles. The normalized spacial score (nSPS) is 26.3. The van der Waals surface area contributed by atoms with Gasteiger partial charge in [0.1, 0.15) is 5.54 Å². The van der Waals surface area contributed by atoms with Gasteiger partial charge in [0.15, 0.2) is 0 Å². The van der Waals surface area contributed by atoms with E-state index in [9.17, 15) is 9.59 Å². The van der Waals surface area contributed by atoms with Crippen molar-refractivity contribution in [1.29, 1.82) is 0 Å². The molecule has 1 radical (unpaired) electrons. The van der Waals surface area contributed by atoms with Crippen molar-refractivity contribution in [3.05, 3.63) is 0 Å². The lowest BCUT2D eigenvalue weighted by Gasteiger charge is -2.41. The molecule has 16 heavy (non-hydrogen) atoms. The van der Waals surface area contributed by atoms with E-state index >= 15 is 0 Å². The minimum Gasteiger partial charge on any atom is -0.351 e. The zero-order chi connectivity index (χ0) is 12.3. The molecule has 3 amide bonds. The third-order valence-electron chi connectivity index (χ3n) is 3.61. The highest BCUT2D eigenvalue weighted by molar-refractivity contribution is 5.92. The standard InChI is InChI=1S/C11H20N3O2/c1-4-8(3)11(6-7-13-9(11)15)14(5-2)10(12)16/h8H,4-7H2,1-3H3,(H2,12,16). The molecule has 1 saturated heterocycles. The van der Waals surface area contributed by atoms with Crippen LogP contribution in [0.2, 0.25) is 0 Å². The lowest BCUT2D eigenvalue weighted by atomic mass is 9.80. The molecule has 1 fully saturated rings. The first-order valence-corrected chi connectivity index (χ1v) is 5.79. The van der Waals surface area contributed by atoms with Gasteiger partial charge in [-0.05, 0) is 19.3 Å². The molecule has 5 heteroatoms. The number of nitrogens with zero attached hydrogens (tertiary/aromatic N) is 2. The van der Waals surface area contributed by atoms with E-state index in [1.165, 1.54) is 4.90 Å². The van der Waals surface area contributed by atoms with Crippen LogP contribution in [0.4, 0.5) is 4.79 Å². The van der Waals surface area contributed by atoms with Crippen LogP contribution in [0.15, 0.2) is 0 Å². The molecule has 0 spiro atoms. The highest BCUT2D eigenvalue weighted by atomic mass is 16.2. The Hall–Kier alpha value is -1.26. The number of rotatable bonds is 4. The Morgan fingerprint density at radius 2 is 2.25 bits per heavy atom. The van der Waals surface area contributed by atoms with Crippen LogP contribution in [0.5, 0.6) is 0 Å². The van der Waals surface area contributed by atoms with Gasteiger partial charge in [-0.25, -0.2) is 10.1 Å². The number of amides is 3. The Morgan fingerprint density at radius 1 is 1.62 bits per heavy atom. The molecule has 91 valence electrons. The molecule has 0 aromatic rings.